The number of aromatic nitrogens is 3. The van der Waals surface area contributed by atoms with Crippen molar-refractivity contribution in [3.63, 3.8) is 0 Å². The number of para-hydroxylation sites is 2. The number of rotatable bonds is 5. The molecule has 6 rings (SSSR count). The Morgan fingerprint density at radius 3 is 2.62 bits per heavy atom. The lowest BCUT2D eigenvalue weighted by Crippen LogP contribution is -2.23. The smallest absolute Gasteiger partial charge is 0.410 e. The molecule has 1 aromatic heterocycles. The van der Waals surface area contributed by atoms with E-state index in [9.17, 15) is 13.2 Å². The van der Waals surface area contributed by atoms with Crippen LogP contribution in [0.1, 0.15) is 25.7 Å². The van der Waals surface area contributed by atoms with E-state index in [-0.39, 0.29) is 18.2 Å². The molecular weight excluding hydrogens is 507 g/mol. The van der Waals surface area contributed by atoms with Crippen molar-refractivity contribution in [3.05, 3.63) is 84.2 Å². The van der Waals surface area contributed by atoms with Gasteiger partial charge in [-0.3, -0.25) is 9.98 Å². The second-order valence-corrected chi connectivity index (χ2v) is 9.47. The summed E-state index contributed by atoms with van der Waals surface area (Å²) in [5.41, 5.74) is 5.65. The van der Waals surface area contributed by atoms with Crippen LogP contribution in [0.25, 0.3) is 28.1 Å². The van der Waals surface area contributed by atoms with E-state index in [4.69, 9.17) is 14.7 Å². The lowest BCUT2D eigenvalue weighted by molar-refractivity contribution is -0.306. The third-order valence-corrected chi connectivity index (χ3v) is 6.77. The van der Waals surface area contributed by atoms with Crippen molar-refractivity contribution in [3.8, 4) is 11.4 Å². The third-order valence-electron chi connectivity index (χ3n) is 6.77. The van der Waals surface area contributed by atoms with Gasteiger partial charge in [0, 0.05) is 31.5 Å². The summed E-state index contributed by atoms with van der Waals surface area (Å²) in [6.45, 7) is 1.34. The lowest BCUT2D eigenvalue weighted by atomic mass is 10.1. The molecule has 0 amide bonds. The van der Waals surface area contributed by atoms with Gasteiger partial charge in [0.05, 0.1) is 51.4 Å². The van der Waals surface area contributed by atoms with Gasteiger partial charge >= 0.3 is 6.36 Å². The Labute approximate surface area is 222 Å². The van der Waals surface area contributed by atoms with Crippen LogP contribution in [-0.4, -0.2) is 40.2 Å². The second-order valence-electron chi connectivity index (χ2n) is 9.47. The first-order valence-corrected chi connectivity index (χ1v) is 12.8. The fraction of sp³-hybridized carbons (Fsp3) is 0.276. The Kier molecular flexibility index (Phi) is 6.78. The van der Waals surface area contributed by atoms with Crippen LogP contribution in [0, 0.1) is 0 Å². The van der Waals surface area contributed by atoms with Crippen LogP contribution in [0.4, 0.5) is 24.5 Å². The van der Waals surface area contributed by atoms with Crippen LogP contribution in [-0.2, 0) is 9.47 Å². The molecule has 0 spiro atoms. The molecular formula is C29H26F3N5O2. The number of allylic oxidation sites excluding steroid dienone is 4. The number of halogens is 3. The molecule has 1 N–H and O–H groups in total. The van der Waals surface area contributed by atoms with Gasteiger partial charge < -0.3 is 19.4 Å². The Hall–Kier alpha value is -4.18. The first-order valence-electron chi connectivity index (χ1n) is 12.8. The van der Waals surface area contributed by atoms with Crippen molar-refractivity contribution >= 4 is 28.1 Å². The summed E-state index contributed by atoms with van der Waals surface area (Å²) in [5, 5.41) is 4.22. The zero-order valence-corrected chi connectivity index (χ0v) is 21.0. The standard InChI is InChI=1S/C29H26F3N5O2/c30-29(31,32)39-22-9-7-21(8-10-22)37-27-6-2-1-5-23(27)36-26-16-24(35-20-4-3-13-33-18-20)25(17-28(26)37)34-19-11-14-38-15-12-19/h1-7,9,13,16-19,35H,8,10-12,14-15H2/b34-25+. The summed E-state index contributed by atoms with van der Waals surface area (Å²) < 4.78 is 50.1. The molecule has 0 bridgehead atoms. The third kappa shape index (κ3) is 5.65. The topological polar surface area (TPSA) is 73.6 Å². The lowest BCUT2D eigenvalue weighted by Gasteiger charge is -2.25. The quantitative estimate of drug-likeness (QED) is 0.300. The summed E-state index contributed by atoms with van der Waals surface area (Å²) in [5.74, 6) is -0.104. The molecule has 1 aromatic carbocycles. The SMILES string of the molecule is FC(F)(F)OC1=CC=C(n2c3c/c(=N\C4CCOCC4)c(Nc4cccnc4)cc-3nc3ccccc32)CC1. The van der Waals surface area contributed by atoms with E-state index in [1.807, 2.05) is 48.5 Å². The highest BCUT2D eigenvalue weighted by Crippen LogP contribution is 2.35. The van der Waals surface area contributed by atoms with Crippen molar-refractivity contribution < 1.29 is 22.6 Å². The number of fused-ring (bicyclic) bond motifs is 2. The predicted octanol–water partition coefficient (Wildman–Crippen LogP) is 6.41. The van der Waals surface area contributed by atoms with Gasteiger partial charge in [-0.1, -0.05) is 12.1 Å². The summed E-state index contributed by atoms with van der Waals surface area (Å²) in [6.07, 6.45) is 4.01. The van der Waals surface area contributed by atoms with E-state index < -0.39 is 6.36 Å². The van der Waals surface area contributed by atoms with Crippen LogP contribution in [0.2, 0.25) is 0 Å². The van der Waals surface area contributed by atoms with Gasteiger partial charge in [-0.15, -0.1) is 13.2 Å². The number of nitrogens with zero attached hydrogens (tertiary/aromatic N) is 4. The first-order chi connectivity index (χ1) is 18.9. The van der Waals surface area contributed by atoms with Crippen LogP contribution in [0.3, 0.4) is 0 Å². The minimum Gasteiger partial charge on any atom is -0.410 e. The van der Waals surface area contributed by atoms with Gasteiger partial charge in [-0.05, 0) is 67.8 Å². The highest BCUT2D eigenvalue weighted by Gasteiger charge is 2.32. The van der Waals surface area contributed by atoms with Gasteiger partial charge in [0.2, 0.25) is 0 Å². The average Bonchev–Trinajstić information content (AvgIpc) is 2.93. The summed E-state index contributed by atoms with van der Waals surface area (Å²) >= 11 is 0. The number of anilines is 2. The molecule has 7 nitrogen and oxygen atoms in total. The number of ether oxygens (including phenoxy) is 2. The number of nitrogens with one attached hydrogen (secondary N) is 1. The summed E-state index contributed by atoms with van der Waals surface area (Å²) in [7, 11) is 0. The maximum Gasteiger partial charge on any atom is 0.572 e. The zero-order valence-electron chi connectivity index (χ0n) is 21.0. The minimum atomic E-state index is -4.71. The van der Waals surface area contributed by atoms with Crippen molar-refractivity contribution in [2.45, 2.75) is 38.1 Å². The summed E-state index contributed by atoms with van der Waals surface area (Å²) in [6, 6.07) is 15.6. The van der Waals surface area contributed by atoms with Gasteiger partial charge in [0.15, 0.2) is 0 Å². The van der Waals surface area contributed by atoms with Gasteiger partial charge in [-0.25, -0.2) is 4.98 Å². The molecule has 200 valence electrons. The van der Waals surface area contributed by atoms with E-state index in [1.54, 1.807) is 18.5 Å². The Balaban J connectivity index is 1.54. The molecule has 39 heavy (non-hydrogen) atoms. The number of hydrogen-bond acceptors (Lipinski definition) is 6. The molecule has 1 saturated heterocycles. The molecule has 0 atom stereocenters. The molecule has 3 heterocycles. The van der Waals surface area contributed by atoms with Crippen molar-refractivity contribution in [2.75, 3.05) is 18.5 Å². The van der Waals surface area contributed by atoms with Crippen LogP contribution in [0.5, 0.6) is 0 Å². The Morgan fingerprint density at radius 1 is 1.03 bits per heavy atom. The summed E-state index contributed by atoms with van der Waals surface area (Å²) in [4.78, 5) is 14.2. The maximum atomic E-state index is 12.8. The number of hydrogen-bond donors (Lipinski definition) is 1. The van der Waals surface area contributed by atoms with Crippen LogP contribution >= 0.6 is 0 Å². The fourth-order valence-corrected chi connectivity index (χ4v) is 4.99. The van der Waals surface area contributed by atoms with Crippen molar-refractivity contribution in [2.24, 2.45) is 4.99 Å². The van der Waals surface area contributed by atoms with E-state index >= 15 is 0 Å². The van der Waals surface area contributed by atoms with E-state index in [0.717, 1.165) is 57.7 Å². The molecule has 0 saturated carbocycles. The van der Waals surface area contributed by atoms with Crippen molar-refractivity contribution in [1.82, 2.24) is 14.5 Å². The molecule has 2 aromatic rings. The Morgan fingerprint density at radius 2 is 1.87 bits per heavy atom. The first kappa shape index (κ1) is 25.1. The van der Waals surface area contributed by atoms with Gasteiger partial charge in [0.25, 0.3) is 0 Å². The molecule has 2 aliphatic heterocycles. The van der Waals surface area contributed by atoms with Gasteiger partial charge in [-0.2, -0.15) is 0 Å². The molecule has 10 heteroatoms. The number of benzene rings is 2. The monoisotopic (exact) mass is 533 g/mol. The zero-order chi connectivity index (χ0) is 26.8. The number of pyridine rings is 1. The molecule has 1 fully saturated rings. The fourth-order valence-electron chi connectivity index (χ4n) is 4.99. The highest BCUT2D eigenvalue weighted by atomic mass is 19.4. The Bertz CT molecular complexity index is 1590. The minimum absolute atomic E-state index is 0.104. The second kappa shape index (κ2) is 10.5. The van der Waals surface area contributed by atoms with E-state index in [1.165, 1.54) is 6.08 Å². The maximum absolute atomic E-state index is 12.8. The predicted molar refractivity (Wildman–Crippen MR) is 142 cm³/mol. The van der Waals surface area contributed by atoms with E-state index in [2.05, 4.69) is 19.6 Å². The highest BCUT2D eigenvalue weighted by molar-refractivity contribution is 5.86. The average molecular weight is 534 g/mol. The van der Waals surface area contributed by atoms with E-state index in [0.29, 0.717) is 19.6 Å². The van der Waals surface area contributed by atoms with Crippen LogP contribution < -0.4 is 10.7 Å². The molecule has 0 radical (unpaired) electrons. The molecule has 2 aliphatic carbocycles. The number of alkyl halides is 3. The molecule has 4 aliphatic rings. The molecule has 0 unspecified atom stereocenters. The largest absolute Gasteiger partial charge is 0.572 e. The van der Waals surface area contributed by atoms with Crippen molar-refractivity contribution in [1.29, 1.82) is 0 Å². The van der Waals surface area contributed by atoms with Crippen LogP contribution in [0.15, 0.2) is 83.8 Å². The normalized spacial score (nSPS) is 17.3. The van der Waals surface area contributed by atoms with Gasteiger partial charge in [0.1, 0.15) is 5.76 Å².